The Bertz CT molecular complexity index is 210. The molecule has 1 atom stereocenters. The molecule has 0 bridgehead atoms. The molecule has 0 fully saturated rings. The first kappa shape index (κ1) is 9.72. The fourth-order valence-electron chi connectivity index (χ4n) is 1.22. The molecular weight excluding hydrogens is 214 g/mol. The summed E-state index contributed by atoms with van der Waals surface area (Å²) >= 11 is 3.43. The van der Waals surface area contributed by atoms with Crippen molar-refractivity contribution in [1.82, 2.24) is 4.98 Å². The highest BCUT2D eigenvalue weighted by Crippen LogP contribution is 2.19. The normalized spacial score (nSPS) is 12.8. The third-order valence-electron chi connectivity index (χ3n) is 2.02. The van der Waals surface area contributed by atoms with Crippen LogP contribution in [0.2, 0.25) is 0 Å². The van der Waals surface area contributed by atoms with Gasteiger partial charge in [0.05, 0.1) is 0 Å². The maximum Gasteiger partial charge on any atom is 0.0302 e. The van der Waals surface area contributed by atoms with Crippen molar-refractivity contribution in [2.75, 3.05) is 5.33 Å². The molecular formula is C10H14BrN. The largest absolute Gasteiger partial charge is 0.264 e. The zero-order valence-corrected chi connectivity index (χ0v) is 8.92. The molecule has 0 spiro atoms. The van der Waals surface area contributed by atoms with Gasteiger partial charge in [0.15, 0.2) is 0 Å². The first-order valence-electron chi connectivity index (χ1n) is 4.30. The molecule has 66 valence electrons. The molecule has 1 aromatic heterocycles. The lowest BCUT2D eigenvalue weighted by atomic mass is 9.98. The van der Waals surface area contributed by atoms with E-state index in [1.807, 2.05) is 18.5 Å². The molecule has 1 aromatic rings. The van der Waals surface area contributed by atoms with E-state index in [1.165, 1.54) is 18.4 Å². The van der Waals surface area contributed by atoms with Gasteiger partial charge >= 0.3 is 0 Å². The van der Waals surface area contributed by atoms with Crippen LogP contribution in [0.5, 0.6) is 0 Å². The summed E-state index contributed by atoms with van der Waals surface area (Å²) < 4.78 is 0. The van der Waals surface area contributed by atoms with Crippen LogP contribution in [0.1, 0.15) is 31.2 Å². The van der Waals surface area contributed by atoms with Crippen LogP contribution in [0.3, 0.4) is 0 Å². The summed E-state index contributed by atoms with van der Waals surface area (Å²) in [4.78, 5) is 4.10. The lowest BCUT2D eigenvalue weighted by Gasteiger charge is -2.09. The maximum absolute atomic E-state index is 4.10. The van der Waals surface area contributed by atoms with Crippen molar-refractivity contribution in [3.05, 3.63) is 30.1 Å². The van der Waals surface area contributed by atoms with E-state index in [2.05, 4.69) is 33.9 Å². The number of aromatic nitrogens is 1. The summed E-state index contributed by atoms with van der Waals surface area (Å²) in [5, 5.41) is 1.09. The molecule has 0 saturated heterocycles. The van der Waals surface area contributed by atoms with Crippen LogP contribution in [-0.4, -0.2) is 10.3 Å². The predicted octanol–water partition coefficient (Wildman–Crippen LogP) is 3.36. The van der Waals surface area contributed by atoms with E-state index >= 15 is 0 Å². The van der Waals surface area contributed by atoms with E-state index in [9.17, 15) is 0 Å². The van der Waals surface area contributed by atoms with Gasteiger partial charge in [-0.15, -0.1) is 0 Å². The van der Waals surface area contributed by atoms with E-state index in [0.29, 0.717) is 5.92 Å². The summed E-state index contributed by atoms with van der Waals surface area (Å²) in [6.07, 6.45) is 6.24. The van der Waals surface area contributed by atoms with Crippen LogP contribution >= 0.6 is 15.9 Å². The van der Waals surface area contributed by atoms with Crippen LogP contribution in [-0.2, 0) is 0 Å². The third kappa shape index (κ3) is 2.94. The molecule has 12 heavy (non-hydrogen) atoms. The Kier molecular flexibility index (Phi) is 4.30. The van der Waals surface area contributed by atoms with Crippen LogP contribution < -0.4 is 0 Å². The average Bonchev–Trinajstić information content (AvgIpc) is 2.15. The van der Waals surface area contributed by atoms with Gasteiger partial charge < -0.3 is 0 Å². The summed E-state index contributed by atoms with van der Waals surface area (Å²) in [6, 6.07) is 4.14. The fourth-order valence-corrected chi connectivity index (χ4v) is 1.54. The lowest BCUT2D eigenvalue weighted by Crippen LogP contribution is -1.94. The second-order valence-electron chi connectivity index (χ2n) is 3.02. The van der Waals surface area contributed by atoms with Gasteiger partial charge in [-0.25, -0.2) is 0 Å². The second-order valence-corrected chi connectivity index (χ2v) is 3.81. The third-order valence-corrected chi connectivity index (χ3v) is 2.58. The molecule has 0 aliphatic carbocycles. The lowest BCUT2D eigenvalue weighted by molar-refractivity contribution is 0.668. The molecule has 0 radical (unpaired) electrons. The van der Waals surface area contributed by atoms with Crippen LogP contribution in [0, 0.1) is 0 Å². The highest BCUT2D eigenvalue weighted by Gasteiger charge is 2.03. The van der Waals surface area contributed by atoms with Gasteiger partial charge in [-0.3, -0.25) is 4.98 Å². The molecule has 1 heterocycles. The van der Waals surface area contributed by atoms with Crippen LogP contribution in [0.25, 0.3) is 0 Å². The predicted molar refractivity (Wildman–Crippen MR) is 55.7 cm³/mol. The molecule has 1 nitrogen and oxygen atoms in total. The molecule has 0 aromatic carbocycles. The molecule has 0 N–H and O–H groups in total. The maximum atomic E-state index is 4.10. The van der Waals surface area contributed by atoms with Gasteiger partial charge in [0.1, 0.15) is 0 Å². The summed E-state index contributed by atoms with van der Waals surface area (Å²) in [6.45, 7) is 2.25. The van der Waals surface area contributed by atoms with Crippen LogP contribution in [0.4, 0.5) is 0 Å². The van der Waals surface area contributed by atoms with Crippen molar-refractivity contribution in [2.24, 2.45) is 0 Å². The minimum Gasteiger partial charge on any atom is -0.264 e. The summed E-state index contributed by atoms with van der Waals surface area (Å²) in [5.74, 6) is 0.635. The van der Waals surface area contributed by atoms with E-state index in [1.54, 1.807) is 0 Å². The molecule has 0 aliphatic rings. The van der Waals surface area contributed by atoms with Crippen LogP contribution in [0.15, 0.2) is 24.5 Å². The van der Waals surface area contributed by atoms with Gasteiger partial charge in [0.25, 0.3) is 0 Å². The first-order valence-corrected chi connectivity index (χ1v) is 5.42. The molecule has 2 heteroatoms. The molecule has 0 saturated carbocycles. The molecule has 0 amide bonds. The number of hydrogen-bond donors (Lipinski definition) is 0. The smallest absolute Gasteiger partial charge is 0.0302 e. The second kappa shape index (κ2) is 5.31. The van der Waals surface area contributed by atoms with Crippen molar-refractivity contribution >= 4 is 15.9 Å². The number of nitrogens with zero attached hydrogens (tertiary/aromatic N) is 1. The Morgan fingerprint density at radius 3 is 3.00 bits per heavy atom. The highest BCUT2D eigenvalue weighted by atomic mass is 79.9. The van der Waals surface area contributed by atoms with Crippen molar-refractivity contribution in [2.45, 2.75) is 25.7 Å². The van der Waals surface area contributed by atoms with Crippen molar-refractivity contribution in [3.63, 3.8) is 0 Å². The minimum absolute atomic E-state index is 0.635. The Labute approximate surface area is 82.3 Å². The van der Waals surface area contributed by atoms with Gasteiger partial charge in [-0.05, 0) is 30.4 Å². The van der Waals surface area contributed by atoms with E-state index in [0.717, 1.165) is 5.33 Å². The fraction of sp³-hybridized carbons (Fsp3) is 0.500. The topological polar surface area (TPSA) is 12.9 Å². The molecule has 1 rings (SSSR count). The van der Waals surface area contributed by atoms with Crippen molar-refractivity contribution in [3.8, 4) is 0 Å². The first-order chi connectivity index (χ1) is 5.84. The number of rotatable bonds is 4. The van der Waals surface area contributed by atoms with Crippen molar-refractivity contribution < 1.29 is 0 Å². The van der Waals surface area contributed by atoms with Crippen molar-refractivity contribution in [1.29, 1.82) is 0 Å². The van der Waals surface area contributed by atoms with E-state index < -0.39 is 0 Å². The Balaban J connectivity index is 2.48. The van der Waals surface area contributed by atoms with Gasteiger partial charge in [-0.1, -0.05) is 28.9 Å². The monoisotopic (exact) mass is 227 g/mol. The number of hydrogen-bond acceptors (Lipinski definition) is 1. The number of halogens is 1. The molecule has 0 aliphatic heterocycles. The highest BCUT2D eigenvalue weighted by molar-refractivity contribution is 9.09. The zero-order chi connectivity index (χ0) is 8.81. The summed E-state index contributed by atoms with van der Waals surface area (Å²) in [5.41, 5.74) is 1.35. The Morgan fingerprint density at radius 1 is 1.58 bits per heavy atom. The number of alkyl halides is 1. The number of pyridine rings is 1. The van der Waals surface area contributed by atoms with Gasteiger partial charge in [0, 0.05) is 17.7 Å². The molecule has 1 unspecified atom stereocenters. The van der Waals surface area contributed by atoms with Gasteiger partial charge in [0.2, 0.25) is 0 Å². The zero-order valence-electron chi connectivity index (χ0n) is 7.33. The standard InChI is InChI=1S/C10H14BrN/c1-9(4-2-6-11)10-5-3-7-12-8-10/h3,5,7-9H,2,4,6H2,1H3. The average molecular weight is 228 g/mol. The quantitative estimate of drug-likeness (QED) is 0.720. The minimum atomic E-state index is 0.635. The Morgan fingerprint density at radius 2 is 2.42 bits per heavy atom. The van der Waals surface area contributed by atoms with Gasteiger partial charge in [-0.2, -0.15) is 0 Å². The van der Waals surface area contributed by atoms with E-state index in [-0.39, 0.29) is 0 Å². The Hall–Kier alpha value is -0.370. The summed E-state index contributed by atoms with van der Waals surface area (Å²) in [7, 11) is 0. The SMILES string of the molecule is CC(CCCBr)c1cccnc1. The van der Waals surface area contributed by atoms with E-state index in [4.69, 9.17) is 0 Å².